The summed E-state index contributed by atoms with van der Waals surface area (Å²) in [7, 11) is 0. The quantitative estimate of drug-likeness (QED) is 0.737. The highest BCUT2D eigenvalue weighted by Crippen LogP contribution is 2.19. The number of benzene rings is 1. The van der Waals surface area contributed by atoms with Crippen molar-refractivity contribution in [3.05, 3.63) is 60.9 Å². The van der Waals surface area contributed by atoms with Gasteiger partial charge < -0.3 is 5.32 Å². The second-order valence-corrected chi connectivity index (χ2v) is 4.93. The second-order valence-electron chi connectivity index (χ2n) is 4.93. The summed E-state index contributed by atoms with van der Waals surface area (Å²) in [6.45, 7) is 7.02. The molecule has 0 bridgehead atoms. The molecule has 106 valence electrons. The summed E-state index contributed by atoms with van der Waals surface area (Å²) in [5, 5.41) is 8.06. The SMILES string of the molecule is C=CCCC(NCCC)c1cnn(-c2ccccc2)c1. The van der Waals surface area contributed by atoms with Crippen molar-refractivity contribution in [3.8, 4) is 5.69 Å². The Bertz CT molecular complexity index is 516. The largest absolute Gasteiger partial charge is 0.310 e. The van der Waals surface area contributed by atoms with Gasteiger partial charge in [-0.05, 0) is 37.9 Å². The van der Waals surface area contributed by atoms with Gasteiger partial charge in [-0.3, -0.25) is 0 Å². The van der Waals surface area contributed by atoms with Crippen LogP contribution in [-0.2, 0) is 0 Å². The maximum Gasteiger partial charge on any atom is 0.0645 e. The van der Waals surface area contributed by atoms with Gasteiger partial charge >= 0.3 is 0 Å². The molecule has 0 saturated carbocycles. The van der Waals surface area contributed by atoms with E-state index in [0.717, 1.165) is 31.5 Å². The van der Waals surface area contributed by atoms with Gasteiger partial charge in [0.05, 0.1) is 11.9 Å². The molecule has 1 unspecified atom stereocenters. The Morgan fingerprint density at radius 3 is 2.85 bits per heavy atom. The van der Waals surface area contributed by atoms with E-state index in [0.29, 0.717) is 6.04 Å². The molecular formula is C17H23N3. The molecule has 0 fully saturated rings. The van der Waals surface area contributed by atoms with Crippen LogP contribution in [0.2, 0.25) is 0 Å². The first-order valence-electron chi connectivity index (χ1n) is 7.29. The van der Waals surface area contributed by atoms with Gasteiger partial charge in [0.25, 0.3) is 0 Å². The highest BCUT2D eigenvalue weighted by atomic mass is 15.3. The third-order valence-corrected chi connectivity index (χ3v) is 3.33. The first-order valence-corrected chi connectivity index (χ1v) is 7.29. The fourth-order valence-corrected chi connectivity index (χ4v) is 2.23. The van der Waals surface area contributed by atoms with Crippen molar-refractivity contribution in [2.24, 2.45) is 0 Å². The Balaban J connectivity index is 2.13. The maximum atomic E-state index is 4.47. The smallest absolute Gasteiger partial charge is 0.0645 e. The zero-order chi connectivity index (χ0) is 14.2. The molecule has 0 saturated heterocycles. The van der Waals surface area contributed by atoms with E-state index in [1.807, 2.05) is 35.2 Å². The second kappa shape index (κ2) is 7.65. The number of para-hydroxylation sites is 1. The van der Waals surface area contributed by atoms with Crippen molar-refractivity contribution in [1.29, 1.82) is 0 Å². The molecule has 1 aromatic carbocycles. The lowest BCUT2D eigenvalue weighted by Crippen LogP contribution is -2.21. The van der Waals surface area contributed by atoms with Crippen LogP contribution in [0.3, 0.4) is 0 Å². The van der Waals surface area contributed by atoms with Crippen LogP contribution >= 0.6 is 0 Å². The van der Waals surface area contributed by atoms with Crippen molar-refractivity contribution in [1.82, 2.24) is 15.1 Å². The molecule has 1 atom stereocenters. The first kappa shape index (κ1) is 14.5. The molecule has 2 rings (SSSR count). The Labute approximate surface area is 121 Å². The Morgan fingerprint density at radius 2 is 2.15 bits per heavy atom. The monoisotopic (exact) mass is 269 g/mol. The minimum Gasteiger partial charge on any atom is -0.310 e. The lowest BCUT2D eigenvalue weighted by molar-refractivity contribution is 0.503. The van der Waals surface area contributed by atoms with Gasteiger partial charge in [0, 0.05) is 17.8 Å². The minimum absolute atomic E-state index is 0.352. The van der Waals surface area contributed by atoms with E-state index in [1.165, 1.54) is 5.56 Å². The summed E-state index contributed by atoms with van der Waals surface area (Å²) < 4.78 is 1.93. The average molecular weight is 269 g/mol. The van der Waals surface area contributed by atoms with E-state index in [9.17, 15) is 0 Å². The van der Waals surface area contributed by atoms with Crippen LogP contribution in [0.15, 0.2) is 55.4 Å². The molecule has 2 aromatic rings. The van der Waals surface area contributed by atoms with Crippen LogP contribution in [0.25, 0.3) is 5.69 Å². The van der Waals surface area contributed by atoms with Crippen LogP contribution < -0.4 is 5.32 Å². The molecule has 0 amide bonds. The molecular weight excluding hydrogens is 246 g/mol. The van der Waals surface area contributed by atoms with Gasteiger partial charge in [0.15, 0.2) is 0 Å². The summed E-state index contributed by atoms with van der Waals surface area (Å²) in [5.74, 6) is 0. The van der Waals surface area contributed by atoms with E-state index in [-0.39, 0.29) is 0 Å². The van der Waals surface area contributed by atoms with E-state index in [4.69, 9.17) is 0 Å². The molecule has 0 spiro atoms. The minimum atomic E-state index is 0.352. The molecule has 3 nitrogen and oxygen atoms in total. The Morgan fingerprint density at radius 1 is 1.35 bits per heavy atom. The highest BCUT2D eigenvalue weighted by molar-refractivity contribution is 5.31. The lowest BCUT2D eigenvalue weighted by Gasteiger charge is -2.16. The highest BCUT2D eigenvalue weighted by Gasteiger charge is 2.12. The van der Waals surface area contributed by atoms with E-state index in [1.54, 1.807) is 0 Å². The summed E-state index contributed by atoms with van der Waals surface area (Å²) in [6.07, 6.45) is 9.26. The van der Waals surface area contributed by atoms with Crippen LogP contribution in [-0.4, -0.2) is 16.3 Å². The van der Waals surface area contributed by atoms with Crippen LogP contribution in [0.4, 0.5) is 0 Å². The van der Waals surface area contributed by atoms with Gasteiger partial charge in [0.2, 0.25) is 0 Å². The third kappa shape index (κ3) is 3.81. The molecule has 1 heterocycles. The number of nitrogens with zero attached hydrogens (tertiary/aromatic N) is 2. The number of hydrogen-bond acceptors (Lipinski definition) is 2. The summed E-state index contributed by atoms with van der Waals surface area (Å²) in [4.78, 5) is 0. The maximum absolute atomic E-state index is 4.47. The van der Waals surface area contributed by atoms with Crippen LogP contribution in [0.1, 0.15) is 37.8 Å². The van der Waals surface area contributed by atoms with Crippen molar-refractivity contribution >= 4 is 0 Å². The van der Waals surface area contributed by atoms with E-state index >= 15 is 0 Å². The molecule has 0 aliphatic rings. The third-order valence-electron chi connectivity index (χ3n) is 3.33. The molecule has 0 aliphatic heterocycles. The first-order chi connectivity index (χ1) is 9.85. The Hall–Kier alpha value is -1.87. The van der Waals surface area contributed by atoms with Gasteiger partial charge in [-0.25, -0.2) is 4.68 Å². The van der Waals surface area contributed by atoms with Crippen molar-refractivity contribution in [3.63, 3.8) is 0 Å². The van der Waals surface area contributed by atoms with Gasteiger partial charge in [-0.15, -0.1) is 6.58 Å². The number of rotatable bonds is 8. The van der Waals surface area contributed by atoms with Crippen molar-refractivity contribution < 1.29 is 0 Å². The zero-order valence-corrected chi connectivity index (χ0v) is 12.1. The standard InChI is InChI=1S/C17H23N3/c1-3-5-11-17(18-12-4-2)15-13-19-20(14-15)16-9-7-6-8-10-16/h3,6-10,13-14,17-18H,1,4-5,11-12H2,2H3. The fourth-order valence-electron chi connectivity index (χ4n) is 2.23. The molecule has 3 heteroatoms. The lowest BCUT2D eigenvalue weighted by atomic mass is 10.1. The Kier molecular flexibility index (Phi) is 5.56. The van der Waals surface area contributed by atoms with E-state index in [2.05, 4.69) is 42.2 Å². The summed E-state index contributed by atoms with van der Waals surface area (Å²) in [5.41, 5.74) is 2.33. The molecule has 1 N–H and O–H groups in total. The van der Waals surface area contributed by atoms with Crippen molar-refractivity contribution in [2.75, 3.05) is 6.54 Å². The van der Waals surface area contributed by atoms with Crippen LogP contribution in [0.5, 0.6) is 0 Å². The predicted octanol–water partition coefficient (Wildman–Crippen LogP) is 3.88. The number of hydrogen-bond donors (Lipinski definition) is 1. The van der Waals surface area contributed by atoms with Gasteiger partial charge in [-0.2, -0.15) is 5.10 Å². The molecule has 20 heavy (non-hydrogen) atoms. The molecule has 0 aliphatic carbocycles. The normalized spacial score (nSPS) is 12.2. The topological polar surface area (TPSA) is 29.9 Å². The molecule has 1 aromatic heterocycles. The predicted molar refractivity (Wildman–Crippen MR) is 84.0 cm³/mol. The summed E-state index contributed by atoms with van der Waals surface area (Å²) in [6, 6.07) is 10.6. The van der Waals surface area contributed by atoms with E-state index < -0.39 is 0 Å². The average Bonchev–Trinajstić information content (AvgIpc) is 2.98. The summed E-state index contributed by atoms with van der Waals surface area (Å²) >= 11 is 0. The van der Waals surface area contributed by atoms with Gasteiger partial charge in [-0.1, -0.05) is 31.2 Å². The van der Waals surface area contributed by atoms with Crippen LogP contribution in [0, 0.1) is 0 Å². The molecule has 0 radical (unpaired) electrons. The number of allylic oxidation sites excluding steroid dienone is 1. The number of aromatic nitrogens is 2. The van der Waals surface area contributed by atoms with Gasteiger partial charge in [0.1, 0.15) is 0 Å². The fraction of sp³-hybridized carbons (Fsp3) is 0.353. The number of nitrogens with one attached hydrogen (secondary N) is 1. The zero-order valence-electron chi connectivity index (χ0n) is 12.1. The van der Waals surface area contributed by atoms with Crippen molar-refractivity contribution in [2.45, 2.75) is 32.2 Å².